The Kier molecular flexibility index (Phi) is 6.86. The number of ether oxygens (including phenoxy) is 4. The zero-order chi connectivity index (χ0) is 25.8. The maximum absolute atomic E-state index is 10.9. The molecule has 8 nitrogen and oxygen atoms in total. The number of aryl methyl sites for hydroxylation is 2. The molecule has 2 aromatic heterocycles. The molecule has 1 unspecified atom stereocenters. The Hall–Kier alpha value is -3.34. The van der Waals surface area contributed by atoms with Gasteiger partial charge in [-0.3, -0.25) is 0 Å². The highest BCUT2D eigenvalue weighted by Crippen LogP contribution is 2.41. The SMILES string of the molecule is COc1ccc2cc3[n+](cc2c1OCC(O)Cn1cnc2cc(Br)ccc21)CCc1cc2c(cc1-3)OCO2.[Br-]. The lowest BCUT2D eigenvalue weighted by atomic mass is 9.95. The van der Waals surface area contributed by atoms with Gasteiger partial charge in [-0.05, 0) is 53.4 Å². The Bertz CT molecular complexity index is 1720. The van der Waals surface area contributed by atoms with Gasteiger partial charge < -0.3 is 45.6 Å². The van der Waals surface area contributed by atoms with E-state index in [9.17, 15) is 5.11 Å². The monoisotopic (exact) mass is 653 g/mol. The lowest BCUT2D eigenvalue weighted by molar-refractivity contribution is -0.686. The highest BCUT2D eigenvalue weighted by Gasteiger charge is 2.29. The quantitative estimate of drug-likeness (QED) is 0.281. The highest BCUT2D eigenvalue weighted by molar-refractivity contribution is 9.10. The number of imidazole rings is 1. The van der Waals surface area contributed by atoms with Crippen molar-refractivity contribution >= 4 is 37.7 Å². The first-order chi connectivity index (χ1) is 18.6. The maximum atomic E-state index is 10.9. The van der Waals surface area contributed by atoms with E-state index in [0.29, 0.717) is 18.0 Å². The van der Waals surface area contributed by atoms with Crippen molar-refractivity contribution in [3.05, 3.63) is 71.1 Å². The third-order valence-corrected chi connectivity index (χ3v) is 7.70. The van der Waals surface area contributed by atoms with E-state index < -0.39 is 6.10 Å². The van der Waals surface area contributed by atoms with Crippen molar-refractivity contribution in [3.8, 4) is 34.3 Å². The van der Waals surface area contributed by atoms with Crippen molar-refractivity contribution in [3.63, 3.8) is 0 Å². The molecule has 0 saturated carbocycles. The van der Waals surface area contributed by atoms with Gasteiger partial charge in [0.05, 0.1) is 42.0 Å². The van der Waals surface area contributed by atoms with E-state index in [1.165, 1.54) is 5.56 Å². The number of aromatic nitrogens is 3. The van der Waals surface area contributed by atoms with Gasteiger partial charge >= 0.3 is 0 Å². The largest absolute Gasteiger partial charge is 1.00 e. The topological polar surface area (TPSA) is 78.9 Å². The normalized spacial score (nSPS) is 14.0. The molecule has 1 atom stereocenters. The van der Waals surface area contributed by atoms with Crippen molar-refractivity contribution in [2.45, 2.75) is 25.6 Å². The molecule has 0 aliphatic carbocycles. The number of hydrogen-bond acceptors (Lipinski definition) is 6. The van der Waals surface area contributed by atoms with Gasteiger partial charge in [-0.2, -0.15) is 4.57 Å². The fourth-order valence-electron chi connectivity index (χ4n) is 5.35. The van der Waals surface area contributed by atoms with E-state index in [-0.39, 0.29) is 30.4 Å². The summed E-state index contributed by atoms with van der Waals surface area (Å²) in [7, 11) is 1.63. The van der Waals surface area contributed by atoms with Crippen molar-refractivity contribution in [1.29, 1.82) is 0 Å². The number of halogens is 2. The average molecular weight is 655 g/mol. The van der Waals surface area contributed by atoms with Crippen molar-refractivity contribution in [2.24, 2.45) is 0 Å². The van der Waals surface area contributed by atoms with Crippen LogP contribution in [-0.4, -0.2) is 41.3 Å². The standard InChI is InChI=1S/C29H25BrN3O5.BrH/c1-35-26-5-2-17-8-25-21-11-28-27(37-16-38-28)9-18(21)6-7-32(25)13-22(17)29(26)36-14-20(34)12-33-15-31-23-10-19(30)3-4-24(23)33;/h2-5,8-11,13,15,20,34H,6-7,12,14,16H2,1H3;1H/q+1;/p-1. The van der Waals surface area contributed by atoms with E-state index in [0.717, 1.165) is 62.0 Å². The van der Waals surface area contributed by atoms with Crippen LogP contribution in [0.1, 0.15) is 5.56 Å². The van der Waals surface area contributed by atoms with Crippen LogP contribution in [0.5, 0.6) is 23.0 Å². The molecule has 0 spiro atoms. The van der Waals surface area contributed by atoms with Crippen LogP contribution in [0, 0.1) is 0 Å². The van der Waals surface area contributed by atoms with Crippen molar-refractivity contribution in [2.75, 3.05) is 20.5 Å². The third-order valence-electron chi connectivity index (χ3n) is 7.21. The molecule has 1 N–H and O–H groups in total. The number of nitrogens with zero attached hydrogens (tertiary/aromatic N) is 3. The molecule has 7 rings (SSSR count). The minimum atomic E-state index is -0.738. The summed E-state index contributed by atoms with van der Waals surface area (Å²) in [5.74, 6) is 2.84. The number of fused-ring (bicyclic) bond motifs is 6. The minimum absolute atomic E-state index is 0. The molecule has 2 aliphatic rings. The predicted octanol–water partition coefficient (Wildman–Crippen LogP) is 1.64. The summed E-state index contributed by atoms with van der Waals surface area (Å²) in [5, 5.41) is 12.8. The van der Waals surface area contributed by atoms with Gasteiger partial charge in [0.25, 0.3) is 0 Å². The Morgan fingerprint density at radius 1 is 1.13 bits per heavy atom. The van der Waals surface area contributed by atoms with E-state index in [2.05, 4.69) is 49.9 Å². The summed E-state index contributed by atoms with van der Waals surface area (Å²) >= 11 is 3.48. The summed E-state index contributed by atoms with van der Waals surface area (Å²) in [6, 6.07) is 16.2. The molecule has 2 aliphatic heterocycles. The minimum Gasteiger partial charge on any atom is -1.00 e. The van der Waals surface area contributed by atoms with Gasteiger partial charge in [-0.15, -0.1) is 0 Å². The molecule has 0 fully saturated rings. The van der Waals surface area contributed by atoms with Crippen LogP contribution >= 0.6 is 15.9 Å². The Morgan fingerprint density at radius 3 is 2.82 bits per heavy atom. The maximum Gasteiger partial charge on any atom is 0.231 e. The Balaban J connectivity index is 0.00000277. The highest BCUT2D eigenvalue weighted by atomic mass is 79.9. The average Bonchev–Trinajstić information content (AvgIpc) is 3.55. The van der Waals surface area contributed by atoms with Crippen LogP contribution in [0.2, 0.25) is 0 Å². The van der Waals surface area contributed by atoms with Gasteiger partial charge in [0.1, 0.15) is 12.7 Å². The van der Waals surface area contributed by atoms with Crippen LogP contribution in [-0.2, 0) is 19.5 Å². The number of methoxy groups -OCH3 is 1. The van der Waals surface area contributed by atoms with Crippen molar-refractivity contribution < 1.29 is 45.6 Å². The molecule has 0 bridgehead atoms. The fourth-order valence-corrected chi connectivity index (χ4v) is 5.70. The number of aliphatic hydroxyl groups is 1. The second kappa shape index (κ2) is 10.3. The van der Waals surface area contributed by atoms with E-state index in [1.807, 2.05) is 34.9 Å². The zero-order valence-corrected chi connectivity index (χ0v) is 24.2. The number of pyridine rings is 1. The van der Waals surface area contributed by atoms with Crippen LogP contribution in [0.3, 0.4) is 0 Å². The molecule has 4 heterocycles. The lowest BCUT2D eigenvalue weighted by Gasteiger charge is -2.19. The second-order valence-corrected chi connectivity index (χ2v) is 10.5. The zero-order valence-electron chi connectivity index (χ0n) is 21.1. The van der Waals surface area contributed by atoms with Crippen LogP contribution in [0.15, 0.2) is 65.5 Å². The summed E-state index contributed by atoms with van der Waals surface area (Å²) in [6.45, 7) is 1.57. The molecule has 5 aromatic rings. The molecule has 200 valence electrons. The third kappa shape index (κ3) is 4.60. The van der Waals surface area contributed by atoms with Crippen molar-refractivity contribution in [1.82, 2.24) is 9.55 Å². The van der Waals surface area contributed by atoms with Gasteiger partial charge in [-0.25, -0.2) is 4.98 Å². The first-order valence-electron chi connectivity index (χ1n) is 12.5. The summed E-state index contributed by atoms with van der Waals surface area (Å²) in [6.07, 6.45) is 4.01. The summed E-state index contributed by atoms with van der Waals surface area (Å²) in [5.41, 5.74) is 5.35. The molecule has 0 radical (unpaired) electrons. The molecular weight excluding hydrogens is 630 g/mol. The molecule has 10 heteroatoms. The molecule has 3 aromatic carbocycles. The van der Waals surface area contributed by atoms with Gasteiger partial charge in [0.15, 0.2) is 35.7 Å². The van der Waals surface area contributed by atoms with Crippen LogP contribution < -0.4 is 40.5 Å². The lowest BCUT2D eigenvalue weighted by Crippen LogP contribution is -3.00. The Labute approximate surface area is 243 Å². The van der Waals surface area contributed by atoms with E-state index in [4.69, 9.17) is 18.9 Å². The fraction of sp³-hybridized carbons (Fsp3) is 0.241. The first kappa shape index (κ1) is 25.9. The number of rotatable bonds is 6. The van der Waals surface area contributed by atoms with Gasteiger partial charge in [0.2, 0.25) is 12.5 Å². The summed E-state index contributed by atoms with van der Waals surface area (Å²) in [4.78, 5) is 4.44. The number of aliphatic hydroxyl groups excluding tert-OH is 1. The van der Waals surface area contributed by atoms with Gasteiger partial charge in [0, 0.05) is 17.0 Å². The van der Waals surface area contributed by atoms with Gasteiger partial charge in [-0.1, -0.05) is 15.9 Å². The van der Waals surface area contributed by atoms with E-state index in [1.54, 1.807) is 13.4 Å². The molecular formula is C29H25Br2N3O5. The first-order valence-corrected chi connectivity index (χ1v) is 13.2. The second-order valence-electron chi connectivity index (χ2n) is 9.56. The van der Waals surface area contributed by atoms with Crippen LogP contribution in [0.4, 0.5) is 0 Å². The van der Waals surface area contributed by atoms with E-state index >= 15 is 0 Å². The smallest absolute Gasteiger partial charge is 0.231 e. The number of benzene rings is 3. The predicted molar refractivity (Wildman–Crippen MR) is 145 cm³/mol. The number of hydrogen-bond donors (Lipinski definition) is 1. The molecule has 39 heavy (non-hydrogen) atoms. The molecule has 0 amide bonds. The molecule has 0 saturated heterocycles. The van der Waals surface area contributed by atoms with Crippen LogP contribution in [0.25, 0.3) is 33.1 Å². The summed E-state index contributed by atoms with van der Waals surface area (Å²) < 4.78 is 28.2. The Morgan fingerprint density at radius 2 is 1.97 bits per heavy atom.